The second-order valence-electron chi connectivity index (χ2n) is 8.88. The molecule has 0 bridgehead atoms. The van der Waals surface area contributed by atoms with E-state index in [1.54, 1.807) is 4.90 Å². The summed E-state index contributed by atoms with van der Waals surface area (Å²) in [6, 6.07) is 13.1. The van der Waals surface area contributed by atoms with Gasteiger partial charge in [0.15, 0.2) is 0 Å². The first-order chi connectivity index (χ1) is 15.5. The molecule has 32 heavy (non-hydrogen) atoms. The molecule has 1 N–H and O–H groups in total. The van der Waals surface area contributed by atoms with E-state index in [2.05, 4.69) is 10.2 Å². The molecular formula is C25H33N3O4. The number of piperidine rings is 1. The Balaban J connectivity index is 1.50. The van der Waals surface area contributed by atoms with E-state index in [0.717, 1.165) is 37.5 Å². The molecule has 0 aliphatic carbocycles. The molecule has 3 heterocycles. The van der Waals surface area contributed by atoms with Crippen LogP contribution >= 0.6 is 0 Å². The summed E-state index contributed by atoms with van der Waals surface area (Å²) < 4.78 is 11.4. The van der Waals surface area contributed by atoms with Gasteiger partial charge in [-0.3, -0.25) is 14.5 Å². The van der Waals surface area contributed by atoms with Crippen LogP contribution in [0.25, 0.3) is 0 Å². The van der Waals surface area contributed by atoms with Crippen molar-refractivity contribution in [2.24, 2.45) is 0 Å². The number of carbonyl (C=O) groups is 2. The van der Waals surface area contributed by atoms with Gasteiger partial charge in [0.25, 0.3) is 5.91 Å². The largest absolute Gasteiger partial charge is 0.465 e. The third-order valence-corrected chi connectivity index (χ3v) is 6.68. The molecule has 7 heteroatoms. The van der Waals surface area contributed by atoms with Crippen LogP contribution in [-0.2, 0) is 9.53 Å². The zero-order valence-electron chi connectivity index (χ0n) is 19.0. The van der Waals surface area contributed by atoms with Crippen molar-refractivity contribution in [3.63, 3.8) is 0 Å². The molecule has 2 aromatic rings. The van der Waals surface area contributed by atoms with Crippen LogP contribution in [0.2, 0.25) is 0 Å². The van der Waals surface area contributed by atoms with Crippen LogP contribution in [0.1, 0.15) is 54.1 Å². The molecule has 1 aromatic carbocycles. The summed E-state index contributed by atoms with van der Waals surface area (Å²) in [6.45, 7) is 7.74. The van der Waals surface area contributed by atoms with Gasteiger partial charge in [-0.2, -0.15) is 0 Å². The van der Waals surface area contributed by atoms with Crippen molar-refractivity contribution in [2.45, 2.75) is 44.7 Å². The molecule has 0 unspecified atom stereocenters. The molecule has 0 saturated carbocycles. The van der Waals surface area contributed by atoms with Crippen LogP contribution in [0.15, 0.2) is 46.9 Å². The van der Waals surface area contributed by atoms with E-state index in [4.69, 9.17) is 9.15 Å². The standard InChI is InChI=1S/C25H33N3O4/c1-19-10-11-22(32-19)21(27-14-16-31-17-15-27)18-26-24(30)25(2)12-6-7-13-28(25)23(29)20-8-4-3-5-9-20/h3-5,8-11,21H,6-7,12-18H2,1-2H3,(H,26,30)/t21-,25-/m0/s1. The fourth-order valence-corrected chi connectivity index (χ4v) is 4.73. The van der Waals surface area contributed by atoms with E-state index in [-0.39, 0.29) is 17.9 Å². The summed E-state index contributed by atoms with van der Waals surface area (Å²) in [5.41, 5.74) is -0.259. The van der Waals surface area contributed by atoms with Crippen LogP contribution < -0.4 is 5.32 Å². The van der Waals surface area contributed by atoms with Crippen molar-refractivity contribution >= 4 is 11.8 Å². The summed E-state index contributed by atoms with van der Waals surface area (Å²) in [5, 5.41) is 3.16. The van der Waals surface area contributed by atoms with Gasteiger partial charge in [-0.1, -0.05) is 18.2 Å². The van der Waals surface area contributed by atoms with Gasteiger partial charge in [-0.25, -0.2) is 0 Å². The van der Waals surface area contributed by atoms with Gasteiger partial charge >= 0.3 is 0 Å². The summed E-state index contributed by atoms with van der Waals surface area (Å²) in [5.74, 6) is 1.50. The number of aryl methyl sites for hydroxylation is 1. The Kier molecular flexibility index (Phi) is 6.96. The monoisotopic (exact) mass is 439 g/mol. The van der Waals surface area contributed by atoms with Crippen molar-refractivity contribution in [2.75, 3.05) is 39.4 Å². The first kappa shape index (κ1) is 22.6. The maximum absolute atomic E-state index is 13.5. The second-order valence-corrected chi connectivity index (χ2v) is 8.88. The van der Waals surface area contributed by atoms with Crippen LogP contribution in [0.5, 0.6) is 0 Å². The van der Waals surface area contributed by atoms with Crippen molar-refractivity contribution in [3.05, 3.63) is 59.5 Å². The Morgan fingerprint density at radius 1 is 1.06 bits per heavy atom. The SMILES string of the molecule is Cc1ccc([C@H](CNC(=O)[C@]2(C)CCCCN2C(=O)c2ccccc2)N2CCOCC2)o1. The molecule has 2 aliphatic heterocycles. The number of carbonyl (C=O) groups excluding carboxylic acids is 2. The van der Waals surface area contributed by atoms with Gasteiger partial charge in [0, 0.05) is 31.7 Å². The predicted octanol–water partition coefficient (Wildman–Crippen LogP) is 3.16. The predicted molar refractivity (Wildman–Crippen MR) is 121 cm³/mol. The molecule has 7 nitrogen and oxygen atoms in total. The molecule has 2 amide bonds. The normalized spacial score (nSPS) is 23.0. The van der Waals surface area contributed by atoms with Crippen molar-refractivity contribution < 1.29 is 18.7 Å². The van der Waals surface area contributed by atoms with Gasteiger partial charge in [-0.15, -0.1) is 0 Å². The quantitative estimate of drug-likeness (QED) is 0.748. The molecule has 0 radical (unpaired) electrons. The van der Waals surface area contributed by atoms with Crippen LogP contribution in [0, 0.1) is 6.92 Å². The average molecular weight is 440 g/mol. The van der Waals surface area contributed by atoms with Gasteiger partial charge < -0.3 is 19.4 Å². The number of amides is 2. The van der Waals surface area contributed by atoms with Gasteiger partial charge in [-0.05, 0) is 57.4 Å². The third-order valence-electron chi connectivity index (χ3n) is 6.68. The molecule has 2 atom stereocenters. The molecule has 2 fully saturated rings. The van der Waals surface area contributed by atoms with E-state index in [0.29, 0.717) is 38.3 Å². The number of morpholine rings is 1. The van der Waals surface area contributed by atoms with E-state index in [1.807, 2.05) is 56.3 Å². The average Bonchev–Trinajstić information content (AvgIpc) is 3.26. The minimum Gasteiger partial charge on any atom is -0.465 e. The number of hydrogen-bond donors (Lipinski definition) is 1. The molecule has 1 aromatic heterocycles. The van der Waals surface area contributed by atoms with Gasteiger partial charge in [0.1, 0.15) is 17.1 Å². The van der Waals surface area contributed by atoms with E-state index >= 15 is 0 Å². The Morgan fingerprint density at radius 3 is 2.50 bits per heavy atom. The first-order valence-corrected chi connectivity index (χ1v) is 11.5. The third kappa shape index (κ3) is 4.74. The summed E-state index contributed by atoms with van der Waals surface area (Å²) in [4.78, 5) is 30.8. The highest BCUT2D eigenvalue weighted by Crippen LogP contribution is 2.30. The Labute approximate surface area is 189 Å². The second kappa shape index (κ2) is 9.88. The molecule has 2 aliphatic rings. The fourth-order valence-electron chi connectivity index (χ4n) is 4.73. The minimum absolute atomic E-state index is 0.0676. The summed E-state index contributed by atoms with van der Waals surface area (Å²) in [6.07, 6.45) is 2.48. The maximum atomic E-state index is 13.5. The fraction of sp³-hybridized carbons (Fsp3) is 0.520. The number of nitrogens with one attached hydrogen (secondary N) is 1. The lowest BCUT2D eigenvalue weighted by atomic mass is 9.86. The number of nitrogens with zero attached hydrogens (tertiary/aromatic N) is 2. The number of ether oxygens (including phenoxy) is 1. The lowest BCUT2D eigenvalue weighted by Crippen LogP contribution is -2.61. The summed E-state index contributed by atoms with van der Waals surface area (Å²) in [7, 11) is 0. The first-order valence-electron chi connectivity index (χ1n) is 11.5. The van der Waals surface area contributed by atoms with Crippen LogP contribution in [-0.4, -0.2) is 66.5 Å². The molecule has 172 valence electrons. The molecule has 0 spiro atoms. The smallest absolute Gasteiger partial charge is 0.254 e. The van der Waals surface area contributed by atoms with E-state index < -0.39 is 5.54 Å². The number of likely N-dealkylation sites (tertiary alicyclic amines) is 1. The zero-order valence-corrected chi connectivity index (χ0v) is 19.0. The Morgan fingerprint density at radius 2 is 1.81 bits per heavy atom. The van der Waals surface area contributed by atoms with Gasteiger partial charge in [0.2, 0.25) is 5.91 Å². The zero-order chi connectivity index (χ0) is 22.6. The lowest BCUT2D eigenvalue weighted by molar-refractivity contribution is -0.133. The van der Waals surface area contributed by atoms with Crippen molar-refractivity contribution in [1.29, 1.82) is 0 Å². The molecular weight excluding hydrogens is 406 g/mol. The topological polar surface area (TPSA) is 75.0 Å². The van der Waals surface area contributed by atoms with Crippen LogP contribution in [0.4, 0.5) is 0 Å². The highest BCUT2D eigenvalue weighted by atomic mass is 16.5. The van der Waals surface area contributed by atoms with Crippen LogP contribution in [0.3, 0.4) is 0 Å². The highest BCUT2D eigenvalue weighted by molar-refractivity contribution is 5.99. The number of furan rings is 1. The number of rotatable bonds is 6. The lowest BCUT2D eigenvalue weighted by Gasteiger charge is -2.44. The summed E-state index contributed by atoms with van der Waals surface area (Å²) >= 11 is 0. The number of benzene rings is 1. The van der Waals surface area contributed by atoms with Crippen molar-refractivity contribution in [1.82, 2.24) is 15.1 Å². The number of hydrogen-bond acceptors (Lipinski definition) is 5. The minimum atomic E-state index is -0.875. The maximum Gasteiger partial charge on any atom is 0.254 e. The van der Waals surface area contributed by atoms with Gasteiger partial charge in [0.05, 0.1) is 19.3 Å². The van der Waals surface area contributed by atoms with E-state index in [9.17, 15) is 9.59 Å². The molecule has 4 rings (SSSR count). The Bertz CT molecular complexity index is 922. The van der Waals surface area contributed by atoms with Crippen molar-refractivity contribution in [3.8, 4) is 0 Å². The highest BCUT2D eigenvalue weighted by Gasteiger charge is 2.44. The van der Waals surface area contributed by atoms with E-state index in [1.165, 1.54) is 0 Å². The molecule has 2 saturated heterocycles. The Hall–Kier alpha value is -2.64.